The van der Waals surface area contributed by atoms with Crippen LogP contribution in [0.15, 0.2) is 53.6 Å². The fourth-order valence-corrected chi connectivity index (χ4v) is 3.68. The van der Waals surface area contributed by atoms with E-state index in [-0.39, 0.29) is 21.4 Å². The van der Waals surface area contributed by atoms with Gasteiger partial charge in [0.15, 0.2) is 6.10 Å². The lowest BCUT2D eigenvalue weighted by Crippen LogP contribution is -2.69. The molecule has 0 unspecified atom stereocenters. The highest BCUT2D eigenvalue weighted by molar-refractivity contribution is 6.35. The first-order valence-corrected chi connectivity index (χ1v) is 10.4. The monoisotopic (exact) mass is 546 g/mol. The zero-order valence-corrected chi connectivity index (χ0v) is 19.0. The predicted octanol–water partition coefficient (Wildman–Crippen LogP) is 5.92. The molecule has 0 aliphatic carbocycles. The van der Waals surface area contributed by atoms with E-state index >= 15 is 0 Å². The number of benzene rings is 2. The number of halogens is 9. The number of carbonyl (C=O) groups is 1. The molecule has 0 saturated heterocycles. The summed E-state index contributed by atoms with van der Waals surface area (Å²) in [5, 5.41) is 13.7. The minimum Gasteiger partial charge on any atom is -0.479 e. The minimum atomic E-state index is -6.75. The Morgan fingerprint density at radius 3 is 2.23 bits per heavy atom. The highest BCUT2D eigenvalue weighted by Crippen LogP contribution is 2.54. The Balaban J connectivity index is 2.05. The second-order valence-corrected chi connectivity index (χ2v) is 8.38. The Kier molecular flexibility index (Phi) is 7.06. The van der Waals surface area contributed by atoms with Gasteiger partial charge in [0.05, 0.1) is 10.7 Å². The van der Waals surface area contributed by atoms with E-state index in [9.17, 15) is 40.6 Å². The molecule has 14 heteroatoms. The molecule has 2 aromatic rings. The number of carbonyl (C=O) groups excluding carboxylic acids is 1. The number of aliphatic hydroxyl groups is 1. The summed E-state index contributed by atoms with van der Waals surface area (Å²) in [5.41, 5.74) is -4.92. The van der Waals surface area contributed by atoms with Gasteiger partial charge in [0, 0.05) is 11.4 Å². The molecule has 1 N–H and O–H groups in total. The van der Waals surface area contributed by atoms with Gasteiger partial charge in [-0.05, 0) is 30.7 Å². The van der Waals surface area contributed by atoms with Crippen LogP contribution >= 0.6 is 23.2 Å². The number of rotatable bonds is 6. The zero-order chi connectivity index (χ0) is 26.4. The van der Waals surface area contributed by atoms with E-state index in [0.717, 1.165) is 6.92 Å². The van der Waals surface area contributed by atoms with Gasteiger partial charge in [-0.2, -0.15) is 40.8 Å². The lowest BCUT2D eigenvalue weighted by atomic mass is 9.91. The first kappa shape index (κ1) is 27.0. The molecule has 0 fully saturated rings. The average Bonchev–Trinajstić information content (AvgIpc) is 3.14. The van der Waals surface area contributed by atoms with Crippen LogP contribution < -0.4 is 4.74 Å². The molecule has 0 radical (unpaired) electrons. The van der Waals surface area contributed by atoms with Gasteiger partial charge in [-0.25, -0.2) is 0 Å². The van der Waals surface area contributed by atoms with Crippen molar-refractivity contribution in [1.82, 2.24) is 5.01 Å². The van der Waals surface area contributed by atoms with Gasteiger partial charge in [0.25, 0.3) is 5.91 Å². The van der Waals surface area contributed by atoms with Crippen LogP contribution in [0.2, 0.25) is 10.0 Å². The molecule has 0 aromatic heterocycles. The second kappa shape index (κ2) is 9.14. The van der Waals surface area contributed by atoms with Crippen molar-refractivity contribution in [3.8, 4) is 5.75 Å². The van der Waals surface area contributed by atoms with Gasteiger partial charge in [-0.3, -0.25) is 4.79 Å². The van der Waals surface area contributed by atoms with Gasteiger partial charge in [-0.15, -0.1) is 0 Å². The number of ether oxygens (including phenoxy) is 1. The van der Waals surface area contributed by atoms with Crippen LogP contribution in [0.25, 0.3) is 0 Å². The fraction of sp³-hybridized carbons (Fsp3) is 0.333. The van der Waals surface area contributed by atoms with Crippen LogP contribution in [0.1, 0.15) is 18.9 Å². The van der Waals surface area contributed by atoms with E-state index in [0.29, 0.717) is 0 Å². The summed E-state index contributed by atoms with van der Waals surface area (Å²) in [5.74, 6) is -14.8. The molecule has 1 aliphatic rings. The number of hydrogen-bond donors (Lipinski definition) is 1. The molecule has 1 aliphatic heterocycles. The maximum absolute atomic E-state index is 14.8. The molecule has 1 amide bonds. The van der Waals surface area contributed by atoms with Crippen molar-refractivity contribution in [2.75, 3.05) is 0 Å². The molecule has 3 rings (SSSR count). The fourth-order valence-electron chi connectivity index (χ4n) is 3.23. The largest absolute Gasteiger partial charge is 0.479 e. The molecule has 35 heavy (non-hydrogen) atoms. The van der Waals surface area contributed by atoms with Gasteiger partial charge in [-0.1, -0.05) is 53.5 Å². The van der Waals surface area contributed by atoms with Crippen molar-refractivity contribution in [2.45, 2.75) is 43.2 Å². The predicted molar refractivity (Wildman–Crippen MR) is 112 cm³/mol. The molecular weight excluding hydrogens is 532 g/mol. The van der Waals surface area contributed by atoms with E-state index < -0.39 is 52.9 Å². The molecule has 0 saturated carbocycles. The molecule has 1 heterocycles. The number of amides is 1. The van der Waals surface area contributed by atoms with Crippen molar-refractivity contribution in [1.29, 1.82) is 0 Å². The standard InChI is InChI=1S/C21H15Cl2F7N2O3/c1-11(35-16-8-7-13(22)9-14(16)23)17(33)32-18(34,19(24,25)20(26,27)21(28,29)30)10-15(31-32)12-5-3-2-4-6-12/h2-9,11,34H,10H2,1H3/t11-,18-/m1/s1. The minimum absolute atomic E-state index is 0.00154. The quantitative estimate of drug-likeness (QED) is 0.457. The van der Waals surface area contributed by atoms with Crippen molar-refractivity contribution in [2.24, 2.45) is 5.10 Å². The number of alkyl halides is 7. The number of nitrogens with zero attached hydrogens (tertiary/aromatic N) is 2. The van der Waals surface area contributed by atoms with Gasteiger partial charge < -0.3 is 9.84 Å². The van der Waals surface area contributed by atoms with Crippen LogP contribution in [0, 0.1) is 0 Å². The van der Waals surface area contributed by atoms with Crippen LogP contribution in [-0.2, 0) is 4.79 Å². The Morgan fingerprint density at radius 1 is 1.09 bits per heavy atom. The third-order valence-corrected chi connectivity index (χ3v) is 5.63. The normalized spacial score (nSPS) is 20.0. The number of hydrazone groups is 1. The van der Waals surface area contributed by atoms with Crippen molar-refractivity contribution in [3.05, 3.63) is 64.1 Å². The highest BCUT2D eigenvalue weighted by atomic mass is 35.5. The lowest BCUT2D eigenvalue weighted by molar-refractivity contribution is -0.401. The molecule has 0 spiro atoms. The summed E-state index contributed by atoms with van der Waals surface area (Å²) in [6.07, 6.45) is -10.1. The molecule has 5 nitrogen and oxygen atoms in total. The van der Waals surface area contributed by atoms with Crippen LogP contribution in [0.4, 0.5) is 30.7 Å². The average molecular weight is 547 g/mol. The SMILES string of the molecule is C[C@@H](Oc1ccc(Cl)cc1Cl)C(=O)N1N=C(c2ccccc2)C[C@@]1(O)C(F)(F)C(F)(F)C(F)(F)F. The van der Waals surface area contributed by atoms with Crippen molar-refractivity contribution in [3.63, 3.8) is 0 Å². The van der Waals surface area contributed by atoms with E-state index in [1.54, 1.807) is 0 Å². The summed E-state index contributed by atoms with van der Waals surface area (Å²) in [4.78, 5) is 12.9. The van der Waals surface area contributed by atoms with Gasteiger partial charge >= 0.3 is 18.0 Å². The Morgan fingerprint density at radius 2 is 1.69 bits per heavy atom. The molecular formula is C21H15Cl2F7N2O3. The molecule has 2 atom stereocenters. The van der Waals surface area contributed by atoms with Crippen molar-refractivity contribution < 1.29 is 45.4 Å². The Hall–Kier alpha value is -2.57. The smallest absolute Gasteiger partial charge is 0.460 e. The third-order valence-electron chi connectivity index (χ3n) is 5.10. The van der Waals surface area contributed by atoms with Gasteiger partial charge in [0.2, 0.25) is 5.72 Å². The van der Waals surface area contributed by atoms with Crippen LogP contribution in [0.3, 0.4) is 0 Å². The van der Waals surface area contributed by atoms with E-state index in [2.05, 4.69) is 5.10 Å². The molecule has 2 aromatic carbocycles. The van der Waals surface area contributed by atoms with Crippen LogP contribution in [-0.4, -0.2) is 51.6 Å². The van der Waals surface area contributed by atoms with Crippen LogP contribution in [0.5, 0.6) is 5.75 Å². The number of hydrogen-bond acceptors (Lipinski definition) is 4. The van der Waals surface area contributed by atoms with Gasteiger partial charge in [0.1, 0.15) is 5.75 Å². The summed E-state index contributed by atoms with van der Waals surface area (Å²) < 4.78 is 101. The van der Waals surface area contributed by atoms with E-state index in [1.165, 1.54) is 48.5 Å². The summed E-state index contributed by atoms with van der Waals surface area (Å²) >= 11 is 11.7. The molecule has 190 valence electrons. The maximum atomic E-state index is 14.8. The summed E-state index contributed by atoms with van der Waals surface area (Å²) in [7, 11) is 0. The maximum Gasteiger partial charge on any atom is 0.460 e. The highest BCUT2D eigenvalue weighted by Gasteiger charge is 2.82. The van der Waals surface area contributed by atoms with E-state index in [4.69, 9.17) is 27.9 Å². The lowest BCUT2D eigenvalue weighted by Gasteiger charge is -2.41. The van der Waals surface area contributed by atoms with E-state index in [1.807, 2.05) is 0 Å². The zero-order valence-electron chi connectivity index (χ0n) is 17.5. The molecule has 0 bridgehead atoms. The topological polar surface area (TPSA) is 62.1 Å². The first-order chi connectivity index (χ1) is 16.0. The van der Waals surface area contributed by atoms with Crippen molar-refractivity contribution >= 4 is 34.8 Å². The third kappa shape index (κ3) is 4.66. The first-order valence-electron chi connectivity index (χ1n) is 9.66. The second-order valence-electron chi connectivity index (χ2n) is 7.54. The summed E-state index contributed by atoms with van der Waals surface area (Å²) in [6.45, 7) is 0.976. The Labute approximate surface area is 203 Å². The summed E-state index contributed by atoms with van der Waals surface area (Å²) in [6, 6.07) is 10.6. The Bertz CT molecular complexity index is 1150.